The SMILES string of the molecule is C#CCNCc1cccc(C#N)c1F. The van der Waals surface area contributed by atoms with Crippen LogP contribution in [0.25, 0.3) is 0 Å². The lowest BCUT2D eigenvalue weighted by atomic mass is 10.1. The summed E-state index contributed by atoms with van der Waals surface area (Å²) in [7, 11) is 0. The first-order chi connectivity index (χ1) is 6.79. The Morgan fingerprint density at radius 1 is 1.50 bits per heavy atom. The number of halogens is 1. The number of hydrogen-bond acceptors (Lipinski definition) is 2. The molecule has 1 aromatic carbocycles. The number of nitriles is 1. The lowest BCUT2D eigenvalue weighted by Crippen LogP contribution is -2.14. The van der Waals surface area contributed by atoms with Crippen molar-refractivity contribution >= 4 is 0 Å². The molecule has 0 aromatic heterocycles. The largest absolute Gasteiger partial charge is 0.302 e. The average molecular weight is 188 g/mol. The molecule has 0 aliphatic rings. The third-order valence-electron chi connectivity index (χ3n) is 1.74. The molecule has 1 N–H and O–H groups in total. The summed E-state index contributed by atoms with van der Waals surface area (Å²) in [5.74, 6) is 1.91. The van der Waals surface area contributed by atoms with Crippen LogP contribution in [0, 0.1) is 29.5 Å². The molecular formula is C11H9FN2. The highest BCUT2D eigenvalue weighted by molar-refractivity contribution is 5.34. The number of rotatable bonds is 3. The van der Waals surface area contributed by atoms with Crippen molar-refractivity contribution in [2.75, 3.05) is 6.54 Å². The van der Waals surface area contributed by atoms with E-state index >= 15 is 0 Å². The van der Waals surface area contributed by atoms with Crippen LogP contribution in [0.1, 0.15) is 11.1 Å². The van der Waals surface area contributed by atoms with Crippen LogP contribution in [-0.4, -0.2) is 6.54 Å². The van der Waals surface area contributed by atoms with Gasteiger partial charge in [-0.2, -0.15) is 5.26 Å². The quantitative estimate of drug-likeness (QED) is 0.575. The van der Waals surface area contributed by atoms with Crippen LogP contribution in [-0.2, 0) is 6.54 Å². The van der Waals surface area contributed by atoms with Crippen molar-refractivity contribution in [1.29, 1.82) is 5.26 Å². The number of hydrogen-bond donors (Lipinski definition) is 1. The molecule has 0 atom stereocenters. The van der Waals surface area contributed by atoms with Gasteiger partial charge in [0.05, 0.1) is 12.1 Å². The Balaban J connectivity index is 2.79. The van der Waals surface area contributed by atoms with Gasteiger partial charge in [0, 0.05) is 12.1 Å². The molecule has 0 unspecified atom stereocenters. The van der Waals surface area contributed by atoms with Crippen LogP contribution in [0.15, 0.2) is 18.2 Å². The molecule has 0 amide bonds. The first-order valence-corrected chi connectivity index (χ1v) is 4.11. The molecule has 70 valence electrons. The molecule has 0 aliphatic carbocycles. The monoisotopic (exact) mass is 188 g/mol. The summed E-state index contributed by atoms with van der Waals surface area (Å²) in [6.07, 6.45) is 5.03. The molecule has 0 aliphatic heterocycles. The summed E-state index contributed by atoms with van der Waals surface area (Å²) in [4.78, 5) is 0. The van der Waals surface area contributed by atoms with Gasteiger partial charge in [0.2, 0.25) is 0 Å². The molecule has 14 heavy (non-hydrogen) atoms. The Labute approximate surface area is 82.4 Å². The summed E-state index contributed by atoms with van der Waals surface area (Å²) in [5.41, 5.74) is 0.518. The van der Waals surface area contributed by atoms with Crippen LogP contribution in [0.2, 0.25) is 0 Å². The summed E-state index contributed by atoms with van der Waals surface area (Å²) in [6.45, 7) is 0.724. The second-order valence-electron chi connectivity index (χ2n) is 2.70. The van der Waals surface area contributed by atoms with Crippen molar-refractivity contribution in [2.24, 2.45) is 0 Å². The molecule has 0 radical (unpaired) electrons. The molecule has 0 saturated heterocycles. The first kappa shape index (κ1) is 10.2. The maximum absolute atomic E-state index is 13.4. The number of nitrogens with one attached hydrogen (secondary N) is 1. The Morgan fingerprint density at radius 2 is 2.29 bits per heavy atom. The zero-order valence-electron chi connectivity index (χ0n) is 7.55. The van der Waals surface area contributed by atoms with Gasteiger partial charge in [0.1, 0.15) is 11.9 Å². The lowest BCUT2D eigenvalue weighted by Gasteiger charge is -2.03. The highest BCUT2D eigenvalue weighted by Crippen LogP contribution is 2.11. The fraction of sp³-hybridized carbons (Fsp3) is 0.182. The summed E-state index contributed by atoms with van der Waals surface area (Å²) < 4.78 is 13.4. The minimum Gasteiger partial charge on any atom is -0.302 e. The van der Waals surface area contributed by atoms with Crippen molar-refractivity contribution in [2.45, 2.75) is 6.54 Å². The van der Waals surface area contributed by atoms with Gasteiger partial charge in [0.25, 0.3) is 0 Å². The van der Waals surface area contributed by atoms with E-state index < -0.39 is 5.82 Å². The second kappa shape index (κ2) is 5.01. The zero-order chi connectivity index (χ0) is 10.4. The maximum atomic E-state index is 13.4. The van der Waals surface area contributed by atoms with Gasteiger partial charge >= 0.3 is 0 Å². The fourth-order valence-corrected chi connectivity index (χ4v) is 1.07. The fourth-order valence-electron chi connectivity index (χ4n) is 1.07. The van der Waals surface area contributed by atoms with Crippen LogP contribution < -0.4 is 5.32 Å². The van der Waals surface area contributed by atoms with Crippen molar-refractivity contribution in [3.8, 4) is 18.4 Å². The van der Waals surface area contributed by atoms with Gasteiger partial charge in [0.15, 0.2) is 0 Å². The summed E-state index contributed by atoms with van der Waals surface area (Å²) in [6, 6.07) is 6.50. The first-order valence-electron chi connectivity index (χ1n) is 4.11. The van der Waals surface area contributed by atoms with Crippen molar-refractivity contribution < 1.29 is 4.39 Å². The van der Waals surface area contributed by atoms with Crippen LogP contribution in [0.4, 0.5) is 4.39 Å². The van der Waals surface area contributed by atoms with Gasteiger partial charge < -0.3 is 5.32 Å². The summed E-state index contributed by atoms with van der Waals surface area (Å²) >= 11 is 0. The molecule has 3 heteroatoms. The van der Waals surface area contributed by atoms with E-state index in [4.69, 9.17) is 11.7 Å². The van der Waals surface area contributed by atoms with Crippen LogP contribution >= 0.6 is 0 Å². The zero-order valence-corrected chi connectivity index (χ0v) is 7.55. The molecule has 0 saturated carbocycles. The molecule has 0 heterocycles. The highest BCUT2D eigenvalue weighted by atomic mass is 19.1. The summed E-state index contributed by atoms with van der Waals surface area (Å²) in [5, 5.41) is 11.4. The van der Waals surface area contributed by atoms with E-state index in [-0.39, 0.29) is 5.56 Å². The topological polar surface area (TPSA) is 35.8 Å². The van der Waals surface area contributed by atoms with E-state index in [1.54, 1.807) is 18.2 Å². The Morgan fingerprint density at radius 3 is 2.93 bits per heavy atom. The van der Waals surface area contributed by atoms with E-state index in [9.17, 15) is 4.39 Å². The number of terminal acetylenes is 1. The predicted octanol–water partition coefficient (Wildman–Crippen LogP) is 1.42. The van der Waals surface area contributed by atoms with Gasteiger partial charge in [-0.05, 0) is 6.07 Å². The van der Waals surface area contributed by atoms with Crippen LogP contribution in [0.3, 0.4) is 0 Å². The molecule has 0 bridgehead atoms. The van der Waals surface area contributed by atoms with Gasteiger partial charge in [-0.25, -0.2) is 4.39 Å². The molecule has 1 rings (SSSR count). The maximum Gasteiger partial charge on any atom is 0.145 e. The number of benzene rings is 1. The van der Waals surface area contributed by atoms with E-state index in [2.05, 4.69) is 11.2 Å². The predicted molar refractivity (Wildman–Crippen MR) is 51.7 cm³/mol. The molecule has 1 aromatic rings. The van der Waals surface area contributed by atoms with Gasteiger partial charge in [-0.15, -0.1) is 6.42 Å². The average Bonchev–Trinajstić information content (AvgIpc) is 2.21. The van der Waals surface area contributed by atoms with E-state index in [0.717, 1.165) is 0 Å². The van der Waals surface area contributed by atoms with E-state index in [1.807, 2.05) is 0 Å². The van der Waals surface area contributed by atoms with E-state index in [0.29, 0.717) is 18.7 Å². The molecular weight excluding hydrogens is 179 g/mol. The van der Waals surface area contributed by atoms with Crippen molar-refractivity contribution in [1.82, 2.24) is 5.32 Å². The van der Waals surface area contributed by atoms with E-state index in [1.165, 1.54) is 6.07 Å². The Bertz CT molecular complexity index is 399. The highest BCUT2D eigenvalue weighted by Gasteiger charge is 2.05. The molecule has 0 spiro atoms. The van der Waals surface area contributed by atoms with Gasteiger partial charge in [-0.3, -0.25) is 0 Å². The standard InChI is InChI=1S/C11H9FN2/c1-2-6-14-8-10-5-3-4-9(7-13)11(10)12/h1,3-5,14H,6,8H2. The Kier molecular flexibility index (Phi) is 3.67. The second-order valence-corrected chi connectivity index (χ2v) is 2.70. The Hall–Kier alpha value is -1.84. The van der Waals surface area contributed by atoms with Crippen molar-refractivity contribution in [3.05, 3.63) is 35.1 Å². The minimum atomic E-state index is -0.473. The number of nitrogens with zero attached hydrogens (tertiary/aromatic N) is 1. The third kappa shape index (κ3) is 2.32. The molecule has 0 fully saturated rings. The molecule has 2 nitrogen and oxygen atoms in total. The van der Waals surface area contributed by atoms with Crippen LogP contribution in [0.5, 0.6) is 0 Å². The smallest absolute Gasteiger partial charge is 0.145 e. The minimum absolute atomic E-state index is 0.0602. The van der Waals surface area contributed by atoms with Gasteiger partial charge in [-0.1, -0.05) is 18.1 Å². The third-order valence-corrected chi connectivity index (χ3v) is 1.74. The lowest BCUT2D eigenvalue weighted by molar-refractivity contribution is 0.594. The normalized spacial score (nSPS) is 9.07. The van der Waals surface area contributed by atoms with Crippen molar-refractivity contribution in [3.63, 3.8) is 0 Å².